The van der Waals surface area contributed by atoms with Gasteiger partial charge in [0, 0.05) is 19.1 Å². The Kier molecular flexibility index (Phi) is 3.54. The Balaban J connectivity index is 1.97. The first-order chi connectivity index (χ1) is 8.08. The van der Waals surface area contributed by atoms with Gasteiger partial charge in [0.15, 0.2) is 0 Å². The number of likely N-dealkylation sites (tertiary alicyclic amines) is 1. The predicted molar refractivity (Wildman–Crippen MR) is 62.7 cm³/mol. The molecule has 1 saturated heterocycles. The van der Waals surface area contributed by atoms with Gasteiger partial charge in [-0.25, -0.2) is 4.79 Å². The van der Waals surface area contributed by atoms with Gasteiger partial charge in [-0.15, -0.1) is 0 Å². The van der Waals surface area contributed by atoms with Crippen molar-refractivity contribution in [1.82, 2.24) is 9.80 Å². The van der Waals surface area contributed by atoms with Crippen LogP contribution in [0.4, 0.5) is 4.79 Å². The molecule has 0 aromatic rings. The molecule has 0 aromatic heterocycles. The van der Waals surface area contributed by atoms with E-state index in [0.29, 0.717) is 12.5 Å². The number of carbonyl (C=O) groups is 2. The molecule has 1 heterocycles. The third-order valence-electron chi connectivity index (χ3n) is 3.57. The second-order valence-corrected chi connectivity index (χ2v) is 5.18. The molecule has 2 aliphatic rings. The molecular weight excluding hydrogens is 220 g/mol. The minimum Gasteiger partial charge on any atom is -0.480 e. The Hall–Kier alpha value is -1.26. The molecule has 5 heteroatoms. The number of carbonyl (C=O) groups excluding carboxylic acids is 1. The van der Waals surface area contributed by atoms with Gasteiger partial charge in [0.2, 0.25) is 0 Å². The number of hydrogen-bond donors (Lipinski definition) is 1. The highest BCUT2D eigenvalue weighted by molar-refractivity contribution is 5.80. The highest BCUT2D eigenvalue weighted by Gasteiger charge is 2.33. The summed E-state index contributed by atoms with van der Waals surface area (Å²) in [6.07, 6.45) is 4.30. The Morgan fingerprint density at radius 3 is 2.53 bits per heavy atom. The SMILES string of the molecule is CC1CCCN1C(=O)N(CC(=O)O)CC1CC1. The Morgan fingerprint density at radius 1 is 1.35 bits per heavy atom. The zero-order valence-corrected chi connectivity index (χ0v) is 10.3. The number of aliphatic carboxylic acids is 1. The predicted octanol–water partition coefficient (Wildman–Crippen LogP) is 1.39. The molecule has 2 fully saturated rings. The van der Waals surface area contributed by atoms with Crippen LogP contribution in [0.3, 0.4) is 0 Å². The maximum Gasteiger partial charge on any atom is 0.323 e. The molecule has 0 aromatic carbocycles. The third kappa shape index (κ3) is 3.11. The molecule has 2 amide bonds. The van der Waals surface area contributed by atoms with E-state index in [-0.39, 0.29) is 18.6 Å². The molecule has 1 unspecified atom stereocenters. The fourth-order valence-electron chi connectivity index (χ4n) is 2.38. The van der Waals surface area contributed by atoms with Crippen LogP contribution in [0, 0.1) is 5.92 Å². The summed E-state index contributed by atoms with van der Waals surface area (Å²) in [6.45, 7) is 3.23. The summed E-state index contributed by atoms with van der Waals surface area (Å²) in [5.41, 5.74) is 0. The van der Waals surface area contributed by atoms with Crippen molar-refractivity contribution in [3.63, 3.8) is 0 Å². The van der Waals surface area contributed by atoms with Crippen LogP contribution in [0.15, 0.2) is 0 Å². The molecule has 1 saturated carbocycles. The highest BCUT2D eigenvalue weighted by atomic mass is 16.4. The molecule has 1 aliphatic carbocycles. The lowest BCUT2D eigenvalue weighted by Crippen LogP contribution is -2.47. The average Bonchev–Trinajstić information content (AvgIpc) is 2.97. The molecule has 1 N–H and O–H groups in total. The maximum absolute atomic E-state index is 12.2. The molecule has 17 heavy (non-hydrogen) atoms. The number of hydrogen-bond acceptors (Lipinski definition) is 2. The molecular formula is C12H20N2O3. The van der Waals surface area contributed by atoms with Crippen molar-refractivity contribution in [2.75, 3.05) is 19.6 Å². The second-order valence-electron chi connectivity index (χ2n) is 5.18. The van der Waals surface area contributed by atoms with Gasteiger partial charge in [-0.2, -0.15) is 0 Å². The van der Waals surface area contributed by atoms with Crippen LogP contribution >= 0.6 is 0 Å². The highest BCUT2D eigenvalue weighted by Crippen LogP contribution is 2.30. The fourth-order valence-corrected chi connectivity index (χ4v) is 2.38. The minimum atomic E-state index is -0.925. The van der Waals surface area contributed by atoms with Crippen molar-refractivity contribution in [3.05, 3.63) is 0 Å². The van der Waals surface area contributed by atoms with Crippen LogP contribution in [0.2, 0.25) is 0 Å². The first-order valence-corrected chi connectivity index (χ1v) is 6.35. The summed E-state index contributed by atoms with van der Waals surface area (Å²) in [6, 6.07) is 0.155. The number of rotatable bonds is 4. The summed E-state index contributed by atoms with van der Waals surface area (Å²) in [4.78, 5) is 26.4. The molecule has 96 valence electrons. The van der Waals surface area contributed by atoms with E-state index in [4.69, 9.17) is 5.11 Å². The van der Waals surface area contributed by atoms with Gasteiger partial charge in [-0.05, 0) is 38.5 Å². The lowest BCUT2D eigenvalue weighted by molar-refractivity contribution is -0.137. The normalized spacial score (nSPS) is 23.8. The molecule has 5 nitrogen and oxygen atoms in total. The van der Waals surface area contributed by atoms with Gasteiger partial charge in [0.05, 0.1) is 0 Å². The van der Waals surface area contributed by atoms with Crippen LogP contribution in [-0.2, 0) is 4.79 Å². The van der Waals surface area contributed by atoms with E-state index in [1.54, 1.807) is 0 Å². The number of carboxylic acids is 1. The summed E-state index contributed by atoms with van der Waals surface area (Å²) in [7, 11) is 0. The summed E-state index contributed by atoms with van der Waals surface area (Å²) < 4.78 is 0. The van der Waals surface area contributed by atoms with Gasteiger partial charge >= 0.3 is 12.0 Å². The van der Waals surface area contributed by atoms with E-state index in [2.05, 4.69) is 0 Å². The minimum absolute atomic E-state index is 0.0932. The van der Waals surface area contributed by atoms with E-state index in [9.17, 15) is 9.59 Å². The van der Waals surface area contributed by atoms with Gasteiger partial charge in [-0.1, -0.05) is 0 Å². The average molecular weight is 240 g/mol. The smallest absolute Gasteiger partial charge is 0.323 e. The standard InChI is InChI=1S/C12H20N2O3/c1-9-3-2-6-14(9)12(17)13(8-11(15)16)7-10-4-5-10/h9-10H,2-8H2,1H3,(H,15,16). The number of nitrogens with zero attached hydrogens (tertiary/aromatic N) is 2. The molecule has 0 bridgehead atoms. The quantitative estimate of drug-likeness (QED) is 0.807. The van der Waals surface area contributed by atoms with Gasteiger partial charge in [-0.3, -0.25) is 4.79 Å². The van der Waals surface area contributed by atoms with Crippen molar-refractivity contribution in [3.8, 4) is 0 Å². The largest absolute Gasteiger partial charge is 0.480 e. The van der Waals surface area contributed by atoms with E-state index >= 15 is 0 Å². The number of amides is 2. The summed E-state index contributed by atoms with van der Waals surface area (Å²) >= 11 is 0. The zero-order chi connectivity index (χ0) is 12.4. The lowest BCUT2D eigenvalue weighted by Gasteiger charge is -2.29. The molecule has 1 atom stereocenters. The van der Waals surface area contributed by atoms with Crippen LogP contribution in [0.5, 0.6) is 0 Å². The topological polar surface area (TPSA) is 60.9 Å². The first kappa shape index (κ1) is 12.2. The molecule has 0 spiro atoms. The van der Waals surface area contributed by atoms with E-state index in [1.165, 1.54) is 4.90 Å². The van der Waals surface area contributed by atoms with Crippen molar-refractivity contribution >= 4 is 12.0 Å². The zero-order valence-electron chi connectivity index (χ0n) is 10.3. The van der Waals surface area contributed by atoms with Gasteiger partial charge in [0.1, 0.15) is 6.54 Å². The number of urea groups is 1. The molecule has 2 rings (SSSR count). The van der Waals surface area contributed by atoms with Gasteiger partial charge < -0.3 is 14.9 Å². The van der Waals surface area contributed by atoms with Crippen LogP contribution in [0.1, 0.15) is 32.6 Å². The van der Waals surface area contributed by atoms with Crippen molar-refractivity contribution in [2.24, 2.45) is 5.92 Å². The Morgan fingerprint density at radius 2 is 2.06 bits per heavy atom. The summed E-state index contributed by atoms with van der Waals surface area (Å²) in [5, 5.41) is 8.86. The summed E-state index contributed by atoms with van der Waals surface area (Å²) in [5.74, 6) is -0.401. The van der Waals surface area contributed by atoms with E-state index in [1.807, 2.05) is 11.8 Å². The van der Waals surface area contributed by atoms with Gasteiger partial charge in [0.25, 0.3) is 0 Å². The van der Waals surface area contributed by atoms with E-state index < -0.39 is 5.97 Å². The number of carboxylic acid groups (broad SMARTS) is 1. The lowest BCUT2D eigenvalue weighted by atomic mass is 10.2. The van der Waals surface area contributed by atoms with Crippen molar-refractivity contribution in [1.29, 1.82) is 0 Å². The Bertz CT molecular complexity index is 315. The van der Waals surface area contributed by atoms with E-state index in [0.717, 1.165) is 32.2 Å². The molecule has 1 aliphatic heterocycles. The molecule has 0 radical (unpaired) electrons. The van der Waals surface area contributed by atoms with Crippen molar-refractivity contribution < 1.29 is 14.7 Å². The fraction of sp³-hybridized carbons (Fsp3) is 0.833. The third-order valence-corrected chi connectivity index (χ3v) is 3.57. The van der Waals surface area contributed by atoms with Crippen LogP contribution in [0.25, 0.3) is 0 Å². The first-order valence-electron chi connectivity index (χ1n) is 6.35. The Labute approximate surface area is 101 Å². The maximum atomic E-state index is 12.2. The van der Waals surface area contributed by atoms with Crippen LogP contribution < -0.4 is 0 Å². The van der Waals surface area contributed by atoms with Crippen molar-refractivity contribution in [2.45, 2.75) is 38.6 Å². The second kappa shape index (κ2) is 4.94. The monoisotopic (exact) mass is 240 g/mol. The van der Waals surface area contributed by atoms with Crippen LogP contribution in [-0.4, -0.2) is 52.6 Å².